The summed E-state index contributed by atoms with van der Waals surface area (Å²) in [5.74, 6) is 2.18. The van der Waals surface area contributed by atoms with Crippen LogP contribution in [-0.2, 0) is 0 Å². The highest BCUT2D eigenvalue weighted by atomic mass is 16.5. The number of methoxy groups -OCH3 is 1. The van der Waals surface area contributed by atoms with Gasteiger partial charge in [0.25, 0.3) is 0 Å². The van der Waals surface area contributed by atoms with E-state index in [1.807, 2.05) is 12.1 Å². The monoisotopic (exact) mass is 214 g/mol. The van der Waals surface area contributed by atoms with E-state index in [-0.39, 0.29) is 6.10 Å². The third-order valence-electron chi connectivity index (χ3n) is 3.32. The van der Waals surface area contributed by atoms with E-state index in [1.165, 1.54) is 11.1 Å². The van der Waals surface area contributed by atoms with Crippen molar-refractivity contribution in [1.29, 1.82) is 0 Å². The van der Waals surface area contributed by atoms with Crippen LogP contribution in [0.3, 0.4) is 0 Å². The van der Waals surface area contributed by atoms with E-state index in [9.17, 15) is 0 Å². The second kappa shape index (κ2) is 3.41. The summed E-state index contributed by atoms with van der Waals surface area (Å²) in [6.07, 6.45) is 5.36. The highest BCUT2D eigenvalue weighted by Crippen LogP contribution is 2.44. The summed E-state index contributed by atoms with van der Waals surface area (Å²) >= 11 is 0. The van der Waals surface area contributed by atoms with Crippen molar-refractivity contribution in [2.45, 2.75) is 18.4 Å². The van der Waals surface area contributed by atoms with E-state index in [2.05, 4.69) is 24.8 Å². The molecular formula is C14H14O2. The highest BCUT2D eigenvalue weighted by molar-refractivity contribution is 5.50. The Bertz CT molecular complexity index is 474. The van der Waals surface area contributed by atoms with Crippen LogP contribution in [0.15, 0.2) is 42.5 Å². The molecule has 1 heterocycles. The largest absolute Gasteiger partial charge is 0.497 e. The van der Waals surface area contributed by atoms with Gasteiger partial charge in [-0.3, -0.25) is 0 Å². The minimum Gasteiger partial charge on any atom is -0.497 e. The van der Waals surface area contributed by atoms with Crippen molar-refractivity contribution in [2.75, 3.05) is 7.11 Å². The maximum atomic E-state index is 5.89. The van der Waals surface area contributed by atoms with Crippen LogP contribution in [0.5, 0.6) is 11.5 Å². The van der Waals surface area contributed by atoms with Crippen LogP contribution in [0, 0.1) is 0 Å². The molecule has 1 aliphatic heterocycles. The first-order valence-electron chi connectivity index (χ1n) is 5.49. The molecule has 0 radical (unpaired) electrons. The van der Waals surface area contributed by atoms with Crippen LogP contribution in [-0.4, -0.2) is 13.2 Å². The van der Waals surface area contributed by atoms with Crippen molar-refractivity contribution in [1.82, 2.24) is 0 Å². The molecule has 16 heavy (non-hydrogen) atoms. The predicted molar refractivity (Wildman–Crippen MR) is 63.0 cm³/mol. The molecule has 2 atom stereocenters. The summed E-state index contributed by atoms with van der Waals surface area (Å²) in [6, 6.07) is 6.02. The number of fused-ring (bicyclic) bond motifs is 4. The standard InChI is InChI=1S/C14H14O2/c1-9-3-4-11-7-13(9)12-6-5-10(15-2)8-14(12)16-11/h3-6,8,11,13H,1,7H2,2H3. The first kappa shape index (κ1) is 9.52. The molecule has 2 bridgehead atoms. The third kappa shape index (κ3) is 1.33. The van der Waals surface area contributed by atoms with E-state index in [0.717, 1.165) is 17.9 Å². The molecule has 2 unspecified atom stereocenters. The Morgan fingerprint density at radius 2 is 2.31 bits per heavy atom. The summed E-state index contributed by atoms with van der Waals surface area (Å²) in [6.45, 7) is 4.10. The molecule has 0 amide bonds. The van der Waals surface area contributed by atoms with Crippen LogP contribution in [0.2, 0.25) is 0 Å². The Hall–Kier alpha value is -1.70. The molecule has 1 aromatic rings. The Morgan fingerprint density at radius 3 is 3.12 bits per heavy atom. The maximum absolute atomic E-state index is 5.89. The summed E-state index contributed by atoms with van der Waals surface area (Å²) in [5, 5.41) is 0. The first-order chi connectivity index (χ1) is 7.78. The van der Waals surface area contributed by atoms with Crippen molar-refractivity contribution >= 4 is 0 Å². The Kier molecular flexibility index (Phi) is 2.03. The van der Waals surface area contributed by atoms with Gasteiger partial charge >= 0.3 is 0 Å². The minimum atomic E-state index is 0.190. The van der Waals surface area contributed by atoms with Gasteiger partial charge in [-0.1, -0.05) is 18.7 Å². The maximum Gasteiger partial charge on any atom is 0.127 e. The molecule has 0 fully saturated rings. The molecule has 0 saturated carbocycles. The number of ether oxygens (including phenoxy) is 2. The van der Waals surface area contributed by atoms with Gasteiger partial charge < -0.3 is 9.47 Å². The van der Waals surface area contributed by atoms with Gasteiger partial charge in [0.2, 0.25) is 0 Å². The van der Waals surface area contributed by atoms with E-state index in [4.69, 9.17) is 9.47 Å². The highest BCUT2D eigenvalue weighted by Gasteiger charge is 2.31. The van der Waals surface area contributed by atoms with Gasteiger partial charge in [-0.25, -0.2) is 0 Å². The fraction of sp³-hybridized carbons (Fsp3) is 0.286. The van der Waals surface area contributed by atoms with Crippen molar-refractivity contribution in [3.63, 3.8) is 0 Å². The van der Waals surface area contributed by atoms with Gasteiger partial charge in [-0.2, -0.15) is 0 Å². The van der Waals surface area contributed by atoms with Gasteiger partial charge in [0.1, 0.15) is 17.6 Å². The molecule has 2 aliphatic rings. The number of benzene rings is 1. The topological polar surface area (TPSA) is 18.5 Å². The molecule has 3 rings (SSSR count). The second-order valence-electron chi connectivity index (χ2n) is 4.28. The second-order valence-corrected chi connectivity index (χ2v) is 4.28. The SMILES string of the molecule is C=C1C=CC2CC1c1ccc(OC)cc1O2. The van der Waals surface area contributed by atoms with Crippen LogP contribution in [0.25, 0.3) is 0 Å². The number of rotatable bonds is 1. The zero-order valence-electron chi connectivity index (χ0n) is 9.27. The average Bonchev–Trinajstić information content (AvgIpc) is 2.33. The van der Waals surface area contributed by atoms with E-state index in [0.29, 0.717) is 5.92 Å². The van der Waals surface area contributed by atoms with E-state index >= 15 is 0 Å². The van der Waals surface area contributed by atoms with Crippen LogP contribution in [0.4, 0.5) is 0 Å². The van der Waals surface area contributed by atoms with Crippen LogP contribution >= 0.6 is 0 Å². The van der Waals surface area contributed by atoms with Gasteiger partial charge in [0.05, 0.1) is 7.11 Å². The fourth-order valence-corrected chi connectivity index (χ4v) is 2.42. The molecular weight excluding hydrogens is 200 g/mol. The fourth-order valence-electron chi connectivity index (χ4n) is 2.42. The average molecular weight is 214 g/mol. The summed E-state index contributed by atoms with van der Waals surface area (Å²) < 4.78 is 11.1. The van der Waals surface area contributed by atoms with Gasteiger partial charge in [-0.15, -0.1) is 0 Å². The van der Waals surface area contributed by atoms with E-state index in [1.54, 1.807) is 7.11 Å². The summed E-state index contributed by atoms with van der Waals surface area (Å²) in [4.78, 5) is 0. The molecule has 0 spiro atoms. The number of allylic oxidation sites excluding steroid dienone is 2. The molecule has 0 saturated heterocycles. The summed E-state index contributed by atoms with van der Waals surface area (Å²) in [7, 11) is 1.67. The van der Waals surface area contributed by atoms with Gasteiger partial charge in [-0.05, 0) is 24.1 Å². The van der Waals surface area contributed by atoms with Crippen molar-refractivity contribution in [2.24, 2.45) is 0 Å². The zero-order chi connectivity index (χ0) is 11.1. The van der Waals surface area contributed by atoms with Crippen LogP contribution < -0.4 is 9.47 Å². The summed E-state index contributed by atoms with van der Waals surface area (Å²) in [5.41, 5.74) is 2.40. The molecule has 2 heteroatoms. The number of hydrogen-bond donors (Lipinski definition) is 0. The van der Waals surface area contributed by atoms with Crippen molar-refractivity contribution in [3.05, 3.63) is 48.1 Å². The quantitative estimate of drug-likeness (QED) is 0.715. The van der Waals surface area contributed by atoms with Gasteiger partial charge in [0.15, 0.2) is 0 Å². The number of hydrogen-bond acceptors (Lipinski definition) is 2. The molecule has 82 valence electrons. The predicted octanol–water partition coefficient (Wildman–Crippen LogP) is 3.06. The Labute approximate surface area is 95.2 Å². The smallest absolute Gasteiger partial charge is 0.127 e. The molecule has 2 nitrogen and oxygen atoms in total. The molecule has 1 aromatic carbocycles. The van der Waals surface area contributed by atoms with Crippen molar-refractivity contribution in [3.8, 4) is 11.5 Å². The zero-order valence-corrected chi connectivity index (χ0v) is 9.27. The van der Waals surface area contributed by atoms with Gasteiger partial charge in [0, 0.05) is 17.5 Å². The lowest BCUT2D eigenvalue weighted by Crippen LogP contribution is -2.27. The molecule has 0 aromatic heterocycles. The lowest BCUT2D eigenvalue weighted by Gasteiger charge is -2.34. The van der Waals surface area contributed by atoms with Crippen molar-refractivity contribution < 1.29 is 9.47 Å². The third-order valence-corrected chi connectivity index (χ3v) is 3.32. The molecule has 0 N–H and O–H groups in total. The Balaban J connectivity index is 2.09. The normalized spacial score (nSPS) is 25.9. The molecule has 1 aliphatic carbocycles. The van der Waals surface area contributed by atoms with Crippen LogP contribution in [0.1, 0.15) is 17.9 Å². The lowest BCUT2D eigenvalue weighted by molar-refractivity contribution is 0.203. The van der Waals surface area contributed by atoms with E-state index < -0.39 is 0 Å². The lowest BCUT2D eigenvalue weighted by atomic mass is 9.81. The Morgan fingerprint density at radius 1 is 1.44 bits per heavy atom. The minimum absolute atomic E-state index is 0.190. The first-order valence-corrected chi connectivity index (χ1v) is 5.49.